The van der Waals surface area contributed by atoms with Crippen LogP contribution in [-0.4, -0.2) is 22.7 Å². The summed E-state index contributed by atoms with van der Waals surface area (Å²) in [6.07, 6.45) is 4.21. The van der Waals surface area contributed by atoms with Crippen LogP contribution in [-0.2, 0) is 4.74 Å². The van der Waals surface area contributed by atoms with Crippen LogP contribution in [0.3, 0.4) is 0 Å². The third kappa shape index (κ3) is 2.27. The van der Waals surface area contributed by atoms with Crippen LogP contribution in [0.2, 0.25) is 0 Å². The van der Waals surface area contributed by atoms with Crippen LogP contribution in [0.25, 0.3) is 0 Å². The molecule has 1 aliphatic heterocycles. The third-order valence-corrected chi connectivity index (χ3v) is 3.47. The number of hydrogen-bond donors (Lipinski definition) is 0. The first-order valence-electron chi connectivity index (χ1n) is 6.39. The number of aryl methyl sites for hydroxylation is 1. The van der Waals surface area contributed by atoms with Gasteiger partial charge in [-0.3, -0.25) is 0 Å². The van der Waals surface area contributed by atoms with Crippen molar-refractivity contribution in [2.45, 2.75) is 52.7 Å². The first-order valence-corrected chi connectivity index (χ1v) is 6.39. The molecule has 17 heavy (non-hydrogen) atoms. The minimum atomic E-state index is 0.0937. The molecule has 4 nitrogen and oxygen atoms in total. The topological polar surface area (TPSA) is 38.2 Å². The fourth-order valence-electron chi connectivity index (χ4n) is 2.34. The van der Waals surface area contributed by atoms with Gasteiger partial charge in [-0.2, -0.15) is 0 Å². The maximum atomic E-state index is 5.79. The smallest absolute Gasteiger partial charge is 0.140 e. The van der Waals surface area contributed by atoms with Crippen molar-refractivity contribution in [1.29, 1.82) is 0 Å². The summed E-state index contributed by atoms with van der Waals surface area (Å²) in [4.78, 5) is 11.1. The molecule has 1 aliphatic rings. The van der Waals surface area contributed by atoms with Crippen molar-refractivity contribution in [2.24, 2.45) is 0 Å². The number of anilines is 1. The quantitative estimate of drug-likeness (QED) is 0.807. The lowest BCUT2D eigenvalue weighted by Gasteiger charge is -2.38. The van der Waals surface area contributed by atoms with E-state index in [1.807, 2.05) is 13.1 Å². The van der Waals surface area contributed by atoms with Gasteiger partial charge >= 0.3 is 0 Å². The van der Waals surface area contributed by atoms with Crippen molar-refractivity contribution >= 4 is 5.82 Å². The first kappa shape index (κ1) is 12.3. The minimum Gasteiger partial charge on any atom is -0.353 e. The lowest BCUT2D eigenvalue weighted by atomic mass is 10.1. The summed E-state index contributed by atoms with van der Waals surface area (Å²) >= 11 is 0. The summed E-state index contributed by atoms with van der Waals surface area (Å²) < 4.78 is 5.79. The van der Waals surface area contributed by atoms with E-state index in [1.54, 1.807) is 0 Å². The van der Waals surface area contributed by atoms with Crippen molar-refractivity contribution in [3.63, 3.8) is 0 Å². The molecule has 1 aromatic rings. The monoisotopic (exact) mass is 235 g/mol. The summed E-state index contributed by atoms with van der Waals surface area (Å²) in [6, 6.07) is 0.496. The Bertz CT molecular complexity index is 390. The molecule has 0 N–H and O–H groups in total. The number of rotatable bonds is 3. The number of ether oxygens (including phenoxy) is 1. The predicted molar refractivity (Wildman–Crippen MR) is 68.0 cm³/mol. The second kappa shape index (κ2) is 5.00. The predicted octanol–water partition coefficient (Wildman–Crippen LogP) is 2.83. The van der Waals surface area contributed by atoms with E-state index < -0.39 is 0 Å². The number of nitrogens with zero attached hydrogens (tertiary/aromatic N) is 3. The maximum absolute atomic E-state index is 5.79. The Morgan fingerprint density at radius 3 is 2.82 bits per heavy atom. The van der Waals surface area contributed by atoms with Gasteiger partial charge in [0.05, 0.1) is 6.10 Å². The van der Waals surface area contributed by atoms with Crippen molar-refractivity contribution < 1.29 is 4.74 Å². The van der Waals surface area contributed by atoms with E-state index in [0.29, 0.717) is 12.8 Å². The second-order valence-corrected chi connectivity index (χ2v) is 4.57. The van der Waals surface area contributed by atoms with Gasteiger partial charge in [-0.05, 0) is 26.7 Å². The molecule has 0 aromatic carbocycles. The lowest BCUT2D eigenvalue weighted by Crippen LogP contribution is -2.41. The molecule has 0 radical (unpaired) electrons. The van der Waals surface area contributed by atoms with Gasteiger partial charge in [0.15, 0.2) is 0 Å². The van der Waals surface area contributed by atoms with Crippen LogP contribution in [0, 0.1) is 6.92 Å². The maximum Gasteiger partial charge on any atom is 0.140 e. The zero-order valence-corrected chi connectivity index (χ0v) is 11.1. The molecule has 0 saturated carbocycles. The lowest BCUT2D eigenvalue weighted by molar-refractivity contribution is 0.0492. The van der Waals surface area contributed by atoms with Crippen molar-refractivity contribution in [3.8, 4) is 0 Å². The molecule has 0 spiro atoms. The zero-order valence-electron chi connectivity index (χ0n) is 11.1. The molecule has 4 heteroatoms. The Morgan fingerprint density at radius 2 is 2.18 bits per heavy atom. The molecule has 1 unspecified atom stereocenters. The van der Waals surface area contributed by atoms with Crippen LogP contribution in [0.4, 0.5) is 5.82 Å². The summed E-state index contributed by atoms with van der Waals surface area (Å²) in [5.74, 6) is 1.89. The molecular weight excluding hydrogens is 214 g/mol. The van der Waals surface area contributed by atoms with Crippen LogP contribution < -0.4 is 4.90 Å². The highest BCUT2D eigenvalue weighted by Gasteiger charge is 2.28. The fourth-order valence-corrected chi connectivity index (χ4v) is 2.34. The highest BCUT2D eigenvalue weighted by molar-refractivity contribution is 5.49. The molecule has 1 aromatic heterocycles. The van der Waals surface area contributed by atoms with Crippen LogP contribution in [0.5, 0.6) is 0 Å². The molecule has 0 aliphatic carbocycles. The Labute approximate surface area is 103 Å². The van der Waals surface area contributed by atoms with Crippen LogP contribution >= 0.6 is 0 Å². The first-order chi connectivity index (χ1) is 8.17. The summed E-state index contributed by atoms with van der Waals surface area (Å²) in [5.41, 5.74) is 1.11. The minimum absolute atomic E-state index is 0.0937. The average molecular weight is 235 g/mol. The fraction of sp³-hybridized carbons (Fsp3) is 0.692. The van der Waals surface area contributed by atoms with E-state index in [-0.39, 0.29) is 6.10 Å². The van der Waals surface area contributed by atoms with E-state index in [9.17, 15) is 0 Å². The van der Waals surface area contributed by atoms with Gasteiger partial charge in [-0.25, -0.2) is 9.97 Å². The average Bonchev–Trinajstić information content (AvgIpc) is 2.33. The number of hydrogen-bond acceptors (Lipinski definition) is 4. The number of fused-ring (bicyclic) bond motifs is 1. The molecule has 2 heterocycles. The Morgan fingerprint density at radius 1 is 1.47 bits per heavy atom. The third-order valence-electron chi connectivity index (χ3n) is 3.47. The summed E-state index contributed by atoms with van der Waals surface area (Å²) in [6.45, 7) is 9.05. The highest BCUT2D eigenvalue weighted by Crippen LogP contribution is 2.33. The zero-order chi connectivity index (χ0) is 12.4. The van der Waals surface area contributed by atoms with Gasteiger partial charge in [0.2, 0.25) is 0 Å². The normalized spacial score (nSPS) is 19.6. The Balaban J connectivity index is 2.40. The standard InChI is InChI=1S/C13H21N3O/c1-5-11(6-2)16-8-17-9(3)12-7-14-10(4)15-13(12)16/h7,9,11H,5-6,8H2,1-4H3. The van der Waals surface area contributed by atoms with E-state index in [4.69, 9.17) is 4.74 Å². The molecule has 0 bridgehead atoms. The highest BCUT2D eigenvalue weighted by atomic mass is 16.5. The summed E-state index contributed by atoms with van der Waals surface area (Å²) in [5, 5.41) is 0. The SMILES string of the molecule is CCC(CC)N1COC(C)c2cnc(C)nc21. The molecule has 94 valence electrons. The van der Waals surface area contributed by atoms with E-state index in [2.05, 4.69) is 35.6 Å². The van der Waals surface area contributed by atoms with Crippen molar-refractivity contribution in [3.05, 3.63) is 17.6 Å². The van der Waals surface area contributed by atoms with Gasteiger partial charge in [0.1, 0.15) is 18.4 Å². The second-order valence-electron chi connectivity index (χ2n) is 4.57. The molecule has 2 rings (SSSR count). The largest absolute Gasteiger partial charge is 0.353 e. The van der Waals surface area contributed by atoms with Gasteiger partial charge in [-0.15, -0.1) is 0 Å². The van der Waals surface area contributed by atoms with Gasteiger partial charge in [0.25, 0.3) is 0 Å². The van der Waals surface area contributed by atoms with Crippen molar-refractivity contribution in [2.75, 3.05) is 11.6 Å². The molecule has 0 saturated heterocycles. The molecule has 0 fully saturated rings. The van der Waals surface area contributed by atoms with Crippen LogP contribution in [0.15, 0.2) is 6.20 Å². The summed E-state index contributed by atoms with van der Waals surface area (Å²) in [7, 11) is 0. The van der Waals surface area contributed by atoms with E-state index in [0.717, 1.165) is 30.0 Å². The Kier molecular flexibility index (Phi) is 3.62. The van der Waals surface area contributed by atoms with Gasteiger partial charge in [-0.1, -0.05) is 13.8 Å². The molecular formula is C13H21N3O. The van der Waals surface area contributed by atoms with E-state index >= 15 is 0 Å². The number of aromatic nitrogens is 2. The van der Waals surface area contributed by atoms with E-state index in [1.165, 1.54) is 0 Å². The Hall–Kier alpha value is -1.16. The van der Waals surface area contributed by atoms with Gasteiger partial charge < -0.3 is 9.64 Å². The van der Waals surface area contributed by atoms with Gasteiger partial charge in [0, 0.05) is 17.8 Å². The van der Waals surface area contributed by atoms with Crippen molar-refractivity contribution in [1.82, 2.24) is 9.97 Å². The molecule has 1 atom stereocenters. The molecule has 0 amide bonds. The van der Waals surface area contributed by atoms with Crippen LogP contribution in [0.1, 0.15) is 51.1 Å².